The van der Waals surface area contributed by atoms with Gasteiger partial charge in [-0.1, -0.05) is 29.0 Å². The highest BCUT2D eigenvalue weighted by molar-refractivity contribution is 14.1. The van der Waals surface area contributed by atoms with Crippen molar-refractivity contribution in [2.24, 2.45) is 0 Å². The van der Waals surface area contributed by atoms with Gasteiger partial charge in [-0.2, -0.15) is 0 Å². The quantitative estimate of drug-likeness (QED) is 0.397. The van der Waals surface area contributed by atoms with Gasteiger partial charge < -0.3 is 0 Å². The first-order valence-corrected chi connectivity index (χ1v) is 4.35. The number of unbranched alkanes of at least 4 members (excludes halogenated alkanes) is 3. The van der Waals surface area contributed by atoms with Crippen LogP contribution in [0.3, 0.4) is 0 Å². The van der Waals surface area contributed by atoms with Crippen molar-refractivity contribution in [3.63, 3.8) is 0 Å². The number of hydrogen-bond acceptors (Lipinski definition) is 1. The number of hydrogen-bond donors (Lipinski definition) is 0. The number of alkyl halides is 1. The third kappa shape index (κ3) is 6.40. The lowest BCUT2D eigenvalue weighted by Gasteiger charge is -1.89. The molecule has 0 spiro atoms. The van der Waals surface area contributed by atoms with Crippen LogP contribution < -0.4 is 0 Å². The molecule has 0 N–H and O–H groups in total. The topological polar surface area (TPSA) is 17.1 Å². The molecule has 8 heavy (non-hydrogen) atoms. The molecule has 0 aromatic carbocycles. The van der Waals surface area contributed by atoms with E-state index in [1.165, 1.54) is 17.3 Å². The van der Waals surface area contributed by atoms with E-state index in [0.29, 0.717) is 6.42 Å². The summed E-state index contributed by atoms with van der Waals surface area (Å²) in [5, 5.41) is 0. The predicted molar refractivity (Wildman–Crippen MR) is 43.0 cm³/mol. The van der Waals surface area contributed by atoms with Crippen molar-refractivity contribution in [3.05, 3.63) is 0 Å². The van der Waals surface area contributed by atoms with Crippen LogP contribution in [0.25, 0.3) is 0 Å². The number of halogens is 1. The molecule has 0 saturated heterocycles. The van der Waals surface area contributed by atoms with Gasteiger partial charge in [0.2, 0.25) is 0 Å². The van der Waals surface area contributed by atoms with Crippen LogP contribution in [0.2, 0.25) is 0 Å². The molecule has 0 rings (SSSR count). The minimum atomic E-state index is 0.622. The van der Waals surface area contributed by atoms with Gasteiger partial charge in [0.25, 0.3) is 0 Å². The fourth-order valence-electron chi connectivity index (χ4n) is 0.468. The number of rotatable bonds is 5. The predicted octanol–water partition coefficient (Wildman–Crippen LogP) is 2.09. The Morgan fingerprint density at radius 2 is 2.00 bits per heavy atom. The van der Waals surface area contributed by atoms with Gasteiger partial charge in [-0.05, 0) is 17.3 Å². The van der Waals surface area contributed by atoms with Crippen LogP contribution in [0.15, 0.2) is 0 Å². The lowest BCUT2D eigenvalue weighted by Crippen LogP contribution is -1.78. The van der Waals surface area contributed by atoms with Crippen molar-refractivity contribution in [3.8, 4) is 0 Å². The summed E-state index contributed by atoms with van der Waals surface area (Å²) >= 11 is 2.34. The molecule has 0 aliphatic heterocycles. The van der Waals surface area contributed by atoms with Gasteiger partial charge in [0, 0.05) is 6.42 Å². The molecule has 0 atom stereocenters. The molecular formula is C6H10IO. The van der Waals surface area contributed by atoms with E-state index in [4.69, 9.17) is 0 Å². The molecule has 0 aromatic heterocycles. The molecule has 0 heterocycles. The molecule has 0 fully saturated rings. The van der Waals surface area contributed by atoms with Crippen LogP contribution in [0, 0.1) is 0 Å². The smallest absolute Gasteiger partial charge is 0.198 e. The maximum Gasteiger partial charge on any atom is 0.198 e. The summed E-state index contributed by atoms with van der Waals surface area (Å²) in [6.45, 7) is 0. The molecule has 1 nitrogen and oxygen atoms in total. The van der Waals surface area contributed by atoms with Gasteiger partial charge in [0.15, 0.2) is 6.29 Å². The third-order valence-electron chi connectivity index (χ3n) is 0.912. The van der Waals surface area contributed by atoms with Crippen molar-refractivity contribution >= 4 is 28.9 Å². The summed E-state index contributed by atoms with van der Waals surface area (Å²) in [6.07, 6.45) is 5.93. The van der Waals surface area contributed by atoms with Crippen molar-refractivity contribution in [1.82, 2.24) is 0 Å². The van der Waals surface area contributed by atoms with Crippen molar-refractivity contribution in [2.45, 2.75) is 25.7 Å². The Bertz CT molecular complexity index is 54.5. The van der Waals surface area contributed by atoms with Crippen molar-refractivity contribution in [1.29, 1.82) is 0 Å². The van der Waals surface area contributed by atoms with Gasteiger partial charge in [0.05, 0.1) is 0 Å². The molecule has 0 aromatic rings. The highest BCUT2D eigenvalue weighted by Gasteiger charge is 1.85. The average molecular weight is 225 g/mol. The van der Waals surface area contributed by atoms with Gasteiger partial charge in [-0.15, -0.1) is 0 Å². The molecule has 0 aliphatic carbocycles. The second-order valence-electron chi connectivity index (χ2n) is 1.64. The molecule has 1 radical (unpaired) electrons. The van der Waals surface area contributed by atoms with E-state index in [1.54, 1.807) is 0 Å². The van der Waals surface area contributed by atoms with E-state index in [1.807, 2.05) is 6.29 Å². The highest BCUT2D eigenvalue weighted by atomic mass is 127. The Morgan fingerprint density at radius 3 is 2.50 bits per heavy atom. The molecule has 0 bridgehead atoms. The monoisotopic (exact) mass is 225 g/mol. The maximum absolute atomic E-state index is 9.64. The van der Waals surface area contributed by atoms with Crippen molar-refractivity contribution in [2.75, 3.05) is 4.43 Å². The van der Waals surface area contributed by atoms with Crippen LogP contribution >= 0.6 is 22.6 Å². The summed E-state index contributed by atoms with van der Waals surface area (Å²) in [5.74, 6) is 0. The Kier molecular flexibility index (Phi) is 7.77. The fourth-order valence-corrected chi connectivity index (χ4v) is 1.01. The second kappa shape index (κ2) is 7.40. The van der Waals surface area contributed by atoms with E-state index >= 15 is 0 Å². The van der Waals surface area contributed by atoms with Crippen LogP contribution in [-0.2, 0) is 4.79 Å². The van der Waals surface area contributed by atoms with Gasteiger partial charge in [0.1, 0.15) is 0 Å². The Hall–Kier alpha value is 0.400. The molecule has 0 aliphatic rings. The molecule has 0 amide bonds. The first-order chi connectivity index (χ1) is 3.91. The summed E-state index contributed by atoms with van der Waals surface area (Å²) in [7, 11) is 0. The standard InChI is InChI=1S/C6H10IO/c7-5-3-1-2-4-6-8/h1-5H2. The zero-order chi connectivity index (χ0) is 6.24. The lowest BCUT2D eigenvalue weighted by atomic mass is 10.2. The molecule has 0 saturated carbocycles. The normalized spacial score (nSPS) is 9.12. The SMILES string of the molecule is O=[C]CCCCCI. The summed E-state index contributed by atoms with van der Waals surface area (Å²) in [6, 6.07) is 0. The van der Waals surface area contributed by atoms with Gasteiger partial charge in [-0.3, -0.25) is 4.79 Å². The largest absolute Gasteiger partial charge is 0.291 e. The van der Waals surface area contributed by atoms with E-state index in [2.05, 4.69) is 22.6 Å². The number of carbonyl (C=O) groups excluding carboxylic acids is 1. The molecule has 0 unspecified atom stereocenters. The summed E-state index contributed by atoms with van der Waals surface area (Å²) in [4.78, 5) is 9.64. The van der Waals surface area contributed by atoms with E-state index in [0.717, 1.165) is 6.42 Å². The summed E-state index contributed by atoms with van der Waals surface area (Å²) < 4.78 is 1.20. The van der Waals surface area contributed by atoms with E-state index < -0.39 is 0 Å². The highest BCUT2D eigenvalue weighted by Crippen LogP contribution is 1.99. The van der Waals surface area contributed by atoms with Crippen LogP contribution in [-0.4, -0.2) is 10.7 Å². The second-order valence-corrected chi connectivity index (χ2v) is 2.72. The van der Waals surface area contributed by atoms with Gasteiger partial charge >= 0.3 is 0 Å². The molecular weight excluding hydrogens is 215 g/mol. The van der Waals surface area contributed by atoms with E-state index in [-0.39, 0.29) is 0 Å². The van der Waals surface area contributed by atoms with Crippen LogP contribution in [0.5, 0.6) is 0 Å². The van der Waals surface area contributed by atoms with Crippen molar-refractivity contribution < 1.29 is 4.79 Å². The Balaban J connectivity index is 2.62. The minimum absolute atomic E-state index is 0.622. The molecule has 2 heteroatoms. The third-order valence-corrected chi connectivity index (χ3v) is 1.68. The first-order valence-electron chi connectivity index (χ1n) is 2.82. The lowest BCUT2D eigenvalue weighted by molar-refractivity contribution is 0.546. The van der Waals surface area contributed by atoms with Crippen LogP contribution in [0.1, 0.15) is 25.7 Å². The summed E-state index contributed by atoms with van der Waals surface area (Å²) in [5.41, 5.74) is 0. The first kappa shape index (κ1) is 8.40. The average Bonchev–Trinajstić information content (AvgIpc) is 1.81. The Labute approximate surface area is 64.0 Å². The van der Waals surface area contributed by atoms with Crippen LogP contribution in [0.4, 0.5) is 0 Å². The van der Waals surface area contributed by atoms with Gasteiger partial charge in [-0.25, -0.2) is 0 Å². The maximum atomic E-state index is 9.64. The zero-order valence-corrected chi connectivity index (χ0v) is 6.98. The molecule has 47 valence electrons. The fraction of sp³-hybridized carbons (Fsp3) is 0.833. The zero-order valence-electron chi connectivity index (χ0n) is 4.82. The van der Waals surface area contributed by atoms with E-state index in [9.17, 15) is 4.79 Å². The minimum Gasteiger partial charge on any atom is -0.291 e. The Morgan fingerprint density at radius 1 is 1.25 bits per heavy atom.